The first-order valence-corrected chi connectivity index (χ1v) is 11.5. The fourth-order valence-corrected chi connectivity index (χ4v) is 5.68. The molecule has 0 bridgehead atoms. The molecular formula is C20H19F2N3O3S2. The molecule has 0 radical (unpaired) electrons. The monoisotopic (exact) mass is 451 g/mol. The predicted molar refractivity (Wildman–Crippen MR) is 111 cm³/mol. The van der Waals surface area contributed by atoms with Gasteiger partial charge >= 0.3 is 0 Å². The Bertz CT molecular complexity index is 1160. The summed E-state index contributed by atoms with van der Waals surface area (Å²) < 4.78 is 59.2. The van der Waals surface area contributed by atoms with Gasteiger partial charge in [-0.15, -0.1) is 11.3 Å². The number of benzene rings is 2. The molecule has 1 fully saturated rings. The molecule has 1 aliphatic rings. The molecule has 0 unspecified atom stereocenters. The largest absolute Gasteiger partial charge is 0.496 e. The van der Waals surface area contributed by atoms with E-state index in [0.29, 0.717) is 19.2 Å². The fourth-order valence-electron chi connectivity index (χ4n) is 3.33. The van der Waals surface area contributed by atoms with Crippen molar-refractivity contribution in [2.75, 3.05) is 38.2 Å². The third kappa shape index (κ3) is 3.90. The van der Waals surface area contributed by atoms with Crippen molar-refractivity contribution in [1.29, 1.82) is 0 Å². The van der Waals surface area contributed by atoms with Gasteiger partial charge < -0.3 is 9.64 Å². The number of halogens is 2. The van der Waals surface area contributed by atoms with Crippen LogP contribution in [-0.2, 0) is 10.0 Å². The molecule has 1 aromatic heterocycles. The molecule has 158 valence electrons. The molecule has 0 amide bonds. The maximum Gasteiger partial charge on any atom is 0.246 e. The summed E-state index contributed by atoms with van der Waals surface area (Å²) in [5.74, 6) is -1.17. The van der Waals surface area contributed by atoms with Gasteiger partial charge in [0.05, 0.1) is 12.8 Å². The van der Waals surface area contributed by atoms with E-state index >= 15 is 0 Å². The van der Waals surface area contributed by atoms with Gasteiger partial charge in [-0.05, 0) is 24.3 Å². The van der Waals surface area contributed by atoms with Gasteiger partial charge in [0.2, 0.25) is 10.0 Å². The van der Waals surface area contributed by atoms with Crippen LogP contribution in [0.2, 0.25) is 0 Å². The van der Waals surface area contributed by atoms with Crippen LogP contribution in [0, 0.1) is 11.6 Å². The fraction of sp³-hybridized carbons (Fsp3) is 0.250. The molecule has 1 aliphatic heterocycles. The number of para-hydroxylation sites is 1. The molecule has 2 heterocycles. The zero-order valence-corrected chi connectivity index (χ0v) is 17.7. The SMILES string of the molecule is COc1ccccc1-c1csc(N2CCN(S(=O)(=O)c3ccc(F)cc3F)CC2)n1. The van der Waals surface area contributed by atoms with Crippen molar-refractivity contribution < 1.29 is 21.9 Å². The van der Waals surface area contributed by atoms with Crippen LogP contribution in [0.5, 0.6) is 5.75 Å². The normalized spacial score (nSPS) is 15.4. The van der Waals surface area contributed by atoms with E-state index in [2.05, 4.69) is 4.98 Å². The first-order valence-electron chi connectivity index (χ1n) is 9.19. The summed E-state index contributed by atoms with van der Waals surface area (Å²) in [5, 5.41) is 2.71. The highest BCUT2D eigenvalue weighted by atomic mass is 32.2. The van der Waals surface area contributed by atoms with E-state index in [1.54, 1.807) is 7.11 Å². The second-order valence-electron chi connectivity index (χ2n) is 6.68. The smallest absolute Gasteiger partial charge is 0.246 e. The van der Waals surface area contributed by atoms with E-state index < -0.39 is 26.6 Å². The molecule has 0 atom stereocenters. The highest BCUT2D eigenvalue weighted by Crippen LogP contribution is 2.33. The quantitative estimate of drug-likeness (QED) is 0.593. The van der Waals surface area contributed by atoms with Crippen molar-refractivity contribution in [3.05, 3.63) is 59.5 Å². The van der Waals surface area contributed by atoms with Crippen molar-refractivity contribution in [2.45, 2.75) is 4.90 Å². The van der Waals surface area contributed by atoms with Crippen LogP contribution in [0.1, 0.15) is 0 Å². The van der Waals surface area contributed by atoms with Crippen molar-refractivity contribution in [1.82, 2.24) is 9.29 Å². The minimum atomic E-state index is -4.03. The van der Waals surface area contributed by atoms with Gasteiger partial charge in [0.1, 0.15) is 22.3 Å². The topological polar surface area (TPSA) is 62.7 Å². The standard InChI is InChI=1S/C20H19F2N3O3S2/c1-28-18-5-3-2-4-15(18)17-13-29-20(23-17)24-8-10-25(11-9-24)30(26,27)19-7-6-14(21)12-16(19)22/h2-7,12-13H,8-11H2,1H3. The molecule has 30 heavy (non-hydrogen) atoms. The van der Waals surface area contributed by atoms with E-state index in [1.807, 2.05) is 34.5 Å². The summed E-state index contributed by atoms with van der Waals surface area (Å²) >= 11 is 1.47. The van der Waals surface area contributed by atoms with Gasteiger partial charge in [0.25, 0.3) is 0 Å². The van der Waals surface area contributed by atoms with Crippen LogP contribution < -0.4 is 9.64 Å². The molecule has 4 rings (SSSR count). The van der Waals surface area contributed by atoms with Gasteiger partial charge in [-0.2, -0.15) is 4.31 Å². The van der Waals surface area contributed by atoms with Gasteiger partial charge in [0, 0.05) is 43.2 Å². The number of piperazine rings is 1. The van der Waals surface area contributed by atoms with Gasteiger partial charge in [0.15, 0.2) is 5.13 Å². The summed E-state index contributed by atoms with van der Waals surface area (Å²) in [4.78, 5) is 6.16. The van der Waals surface area contributed by atoms with Crippen LogP contribution in [0.4, 0.5) is 13.9 Å². The number of rotatable bonds is 5. The average Bonchev–Trinajstić information content (AvgIpc) is 3.23. The Balaban J connectivity index is 1.48. The lowest BCUT2D eigenvalue weighted by molar-refractivity contribution is 0.382. The van der Waals surface area contributed by atoms with Crippen LogP contribution in [0.3, 0.4) is 0 Å². The maximum absolute atomic E-state index is 14.0. The summed E-state index contributed by atoms with van der Waals surface area (Å²) in [5.41, 5.74) is 1.67. The molecule has 6 nitrogen and oxygen atoms in total. The van der Waals surface area contributed by atoms with Crippen molar-refractivity contribution >= 4 is 26.5 Å². The highest BCUT2D eigenvalue weighted by Gasteiger charge is 2.31. The van der Waals surface area contributed by atoms with Crippen LogP contribution >= 0.6 is 11.3 Å². The maximum atomic E-state index is 14.0. The number of sulfonamides is 1. The van der Waals surface area contributed by atoms with Crippen molar-refractivity contribution in [2.24, 2.45) is 0 Å². The number of methoxy groups -OCH3 is 1. The average molecular weight is 452 g/mol. The summed E-state index contributed by atoms with van der Waals surface area (Å²) in [7, 11) is -2.42. The van der Waals surface area contributed by atoms with E-state index in [0.717, 1.165) is 34.3 Å². The number of hydrogen-bond acceptors (Lipinski definition) is 6. The molecule has 2 aromatic carbocycles. The summed E-state index contributed by atoms with van der Waals surface area (Å²) in [6.45, 7) is 1.20. The van der Waals surface area contributed by atoms with Crippen LogP contribution in [-0.4, -0.2) is 51.0 Å². The Kier molecular flexibility index (Phi) is 5.72. The van der Waals surface area contributed by atoms with E-state index in [1.165, 1.54) is 15.6 Å². The minimum Gasteiger partial charge on any atom is -0.496 e. The number of thiazole rings is 1. The number of ether oxygens (including phenoxy) is 1. The Hall–Kier alpha value is -2.56. The summed E-state index contributed by atoms with van der Waals surface area (Å²) in [6, 6.07) is 10.1. The molecule has 0 aliphatic carbocycles. The van der Waals surface area contributed by atoms with Gasteiger partial charge in [-0.25, -0.2) is 22.2 Å². The molecular weight excluding hydrogens is 432 g/mol. The van der Waals surface area contributed by atoms with Gasteiger partial charge in [-0.3, -0.25) is 0 Å². The molecule has 0 N–H and O–H groups in total. The first kappa shape index (κ1) is 20.7. The lowest BCUT2D eigenvalue weighted by Crippen LogP contribution is -2.48. The number of anilines is 1. The van der Waals surface area contributed by atoms with Crippen molar-refractivity contribution in [3.63, 3.8) is 0 Å². The number of aromatic nitrogens is 1. The Morgan fingerprint density at radius 2 is 1.80 bits per heavy atom. The Labute approximate surface area is 177 Å². The summed E-state index contributed by atoms with van der Waals surface area (Å²) in [6.07, 6.45) is 0. The first-order chi connectivity index (χ1) is 14.4. The molecule has 3 aromatic rings. The second kappa shape index (κ2) is 8.29. The van der Waals surface area contributed by atoms with Crippen LogP contribution in [0.25, 0.3) is 11.3 Å². The molecule has 0 saturated carbocycles. The number of nitrogens with zero attached hydrogens (tertiary/aromatic N) is 3. The van der Waals surface area contributed by atoms with E-state index in [-0.39, 0.29) is 13.1 Å². The minimum absolute atomic E-state index is 0.183. The lowest BCUT2D eigenvalue weighted by atomic mass is 10.1. The third-order valence-corrected chi connectivity index (χ3v) is 7.73. The Morgan fingerprint density at radius 3 is 2.50 bits per heavy atom. The zero-order chi connectivity index (χ0) is 21.3. The second-order valence-corrected chi connectivity index (χ2v) is 9.42. The number of hydrogen-bond donors (Lipinski definition) is 0. The third-order valence-electron chi connectivity index (χ3n) is 4.90. The van der Waals surface area contributed by atoms with Crippen LogP contribution in [0.15, 0.2) is 52.7 Å². The predicted octanol–water partition coefficient (Wildman–Crippen LogP) is 3.61. The van der Waals surface area contributed by atoms with E-state index in [9.17, 15) is 17.2 Å². The zero-order valence-electron chi connectivity index (χ0n) is 16.1. The highest BCUT2D eigenvalue weighted by molar-refractivity contribution is 7.89. The molecule has 10 heteroatoms. The van der Waals surface area contributed by atoms with Crippen molar-refractivity contribution in [3.8, 4) is 17.0 Å². The molecule has 1 saturated heterocycles. The lowest BCUT2D eigenvalue weighted by Gasteiger charge is -2.33. The molecule has 0 spiro atoms. The Morgan fingerprint density at radius 1 is 1.07 bits per heavy atom. The van der Waals surface area contributed by atoms with E-state index in [4.69, 9.17) is 4.74 Å². The van der Waals surface area contributed by atoms with Gasteiger partial charge in [-0.1, -0.05) is 12.1 Å².